The molecule has 0 atom stereocenters. The van der Waals surface area contributed by atoms with Gasteiger partial charge < -0.3 is 14.3 Å². The van der Waals surface area contributed by atoms with Gasteiger partial charge in [0.25, 0.3) is 11.8 Å². The molecular weight excluding hydrogens is 436 g/mol. The SMILES string of the molecule is COC(=O)c1cc(-c2ccc(/C=C3/C(=O)N(CCCO)C(=O)C(C#N)=C3C)o2)ccc1Cl. The number of halogens is 1. The summed E-state index contributed by atoms with van der Waals surface area (Å²) in [7, 11) is 1.25. The molecule has 3 rings (SSSR count). The summed E-state index contributed by atoms with van der Waals surface area (Å²) >= 11 is 6.05. The highest BCUT2D eigenvalue weighted by atomic mass is 35.5. The van der Waals surface area contributed by atoms with Crippen molar-refractivity contribution >= 4 is 35.5 Å². The lowest BCUT2D eigenvalue weighted by Gasteiger charge is -2.27. The van der Waals surface area contributed by atoms with Gasteiger partial charge in [0.05, 0.1) is 17.7 Å². The zero-order valence-corrected chi connectivity index (χ0v) is 18.1. The molecule has 1 aliphatic heterocycles. The summed E-state index contributed by atoms with van der Waals surface area (Å²) in [5, 5.41) is 18.7. The lowest BCUT2D eigenvalue weighted by molar-refractivity contribution is -0.140. The van der Waals surface area contributed by atoms with Crippen molar-refractivity contribution < 1.29 is 28.6 Å². The molecule has 0 aliphatic carbocycles. The molecule has 0 unspecified atom stereocenters. The predicted molar refractivity (Wildman–Crippen MR) is 115 cm³/mol. The van der Waals surface area contributed by atoms with Crippen molar-refractivity contribution in [2.45, 2.75) is 13.3 Å². The topological polar surface area (TPSA) is 121 Å². The van der Waals surface area contributed by atoms with Crippen LogP contribution >= 0.6 is 11.6 Å². The number of esters is 1. The molecule has 2 heterocycles. The Labute approximate surface area is 188 Å². The summed E-state index contributed by atoms with van der Waals surface area (Å²) in [6.07, 6.45) is 1.65. The Morgan fingerprint density at radius 1 is 1.28 bits per heavy atom. The van der Waals surface area contributed by atoms with Crippen LogP contribution in [0.4, 0.5) is 0 Å². The van der Waals surface area contributed by atoms with E-state index in [0.717, 1.165) is 4.90 Å². The number of furan rings is 1. The van der Waals surface area contributed by atoms with Crippen LogP contribution in [0.1, 0.15) is 29.5 Å². The van der Waals surface area contributed by atoms with Gasteiger partial charge in [0, 0.05) is 24.3 Å². The van der Waals surface area contributed by atoms with Gasteiger partial charge in [-0.05, 0) is 55.3 Å². The van der Waals surface area contributed by atoms with Gasteiger partial charge in [-0.3, -0.25) is 14.5 Å². The fourth-order valence-electron chi connectivity index (χ4n) is 3.23. The van der Waals surface area contributed by atoms with Gasteiger partial charge in [-0.25, -0.2) is 4.79 Å². The molecule has 0 bridgehead atoms. The molecule has 0 fully saturated rings. The van der Waals surface area contributed by atoms with E-state index < -0.39 is 17.8 Å². The molecule has 1 aliphatic rings. The first-order valence-electron chi connectivity index (χ1n) is 9.60. The Hall–Kier alpha value is -3.67. The van der Waals surface area contributed by atoms with E-state index in [0.29, 0.717) is 17.1 Å². The lowest BCUT2D eigenvalue weighted by atomic mass is 9.94. The largest absolute Gasteiger partial charge is 0.465 e. The Morgan fingerprint density at radius 3 is 2.69 bits per heavy atom. The zero-order valence-electron chi connectivity index (χ0n) is 17.3. The highest BCUT2D eigenvalue weighted by Crippen LogP contribution is 2.31. The van der Waals surface area contributed by atoms with Gasteiger partial charge >= 0.3 is 5.97 Å². The van der Waals surface area contributed by atoms with Gasteiger partial charge in [-0.2, -0.15) is 5.26 Å². The maximum absolute atomic E-state index is 12.9. The number of ether oxygens (including phenoxy) is 1. The zero-order chi connectivity index (χ0) is 23.4. The molecule has 32 heavy (non-hydrogen) atoms. The number of nitrogens with zero attached hydrogens (tertiary/aromatic N) is 2. The van der Waals surface area contributed by atoms with E-state index in [1.807, 2.05) is 6.07 Å². The van der Waals surface area contributed by atoms with Gasteiger partial charge in [0.15, 0.2) is 0 Å². The smallest absolute Gasteiger partial charge is 0.339 e. The van der Waals surface area contributed by atoms with Crippen LogP contribution in [0, 0.1) is 11.3 Å². The number of nitriles is 1. The van der Waals surface area contributed by atoms with Crippen LogP contribution in [0.3, 0.4) is 0 Å². The molecule has 0 radical (unpaired) electrons. The molecular formula is C23H19ClN2O6. The summed E-state index contributed by atoms with van der Waals surface area (Å²) < 4.78 is 10.5. The Bertz CT molecular complexity index is 1200. The van der Waals surface area contributed by atoms with Gasteiger partial charge in [-0.1, -0.05) is 11.6 Å². The number of methoxy groups -OCH3 is 1. The summed E-state index contributed by atoms with van der Waals surface area (Å²) in [5.41, 5.74) is 1.01. The monoisotopic (exact) mass is 454 g/mol. The van der Waals surface area contributed by atoms with Gasteiger partial charge in [-0.15, -0.1) is 0 Å². The van der Waals surface area contributed by atoms with Gasteiger partial charge in [0.1, 0.15) is 23.2 Å². The first-order chi connectivity index (χ1) is 15.3. The first kappa shape index (κ1) is 23.0. The number of aliphatic hydroxyl groups excluding tert-OH is 1. The fraction of sp³-hybridized carbons (Fsp3) is 0.217. The molecule has 8 nitrogen and oxygen atoms in total. The third-order valence-electron chi connectivity index (χ3n) is 4.93. The molecule has 1 aromatic carbocycles. The summed E-state index contributed by atoms with van der Waals surface area (Å²) in [6, 6.07) is 9.88. The van der Waals surface area contributed by atoms with Crippen LogP contribution in [-0.4, -0.2) is 48.1 Å². The number of hydrogen-bond donors (Lipinski definition) is 1. The van der Waals surface area contributed by atoms with Crippen LogP contribution in [0.2, 0.25) is 5.02 Å². The third kappa shape index (κ3) is 4.35. The summed E-state index contributed by atoms with van der Waals surface area (Å²) in [6.45, 7) is 1.32. The number of carbonyl (C=O) groups excluding carboxylic acids is 3. The highest BCUT2D eigenvalue weighted by Gasteiger charge is 2.35. The van der Waals surface area contributed by atoms with Crippen molar-refractivity contribution in [1.82, 2.24) is 4.90 Å². The van der Waals surface area contributed by atoms with E-state index in [-0.39, 0.29) is 46.9 Å². The molecule has 1 N–H and O–H groups in total. The van der Waals surface area contributed by atoms with Gasteiger partial charge in [0.2, 0.25) is 0 Å². The Morgan fingerprint density at radius 2 is 2.03 bits per heavy atom. The average molecular weight is 455 g/mol. The quantitative estimate of drug-likeness (QED) is 0.403. The minimum absolute atomic E-state index is 0.00550. The standard InChI is InChI=1S/C23H19ClN2O6/c1-13-16(21(28)26(8-3-9-27)22(29)18(13)12-25)11-15-5-7-20(32-15)14-4-6-19(24)17(10-14)23(30)31-2/h4-7,10-11,27H,3,8-9H2,1-2H3/b16-11+. The second-order valence-corrected chi connectivity index (χ2v) is 7.30. The van der Waals surface area contributed by atoms with E-state index in [1.54, 1.807) is 24.3 Å². The second kappa shape index (κ2) is 9.64. The Kier molecular flexibility index (Phi) is 6.93. The minimum Gasteiger partial charge on any atom is -0.465 e. The van der Waals surface area contributed by atoms with Crippen molar-refractivity contribution in [3.05, 3.63) is 63.4 Å². The number of aliphatic hydroxyl groups is 1. The molecule has 0 saturated heterocycles. The summed E-state index contributed by atoms with van der Waals surface area (Å²) in [5.74, 6) is -1.12. The maximum Gasteiger partial charge on any atom is 0.339 e. The van der Waals surface area contributed by atoms with E-state index in [1.165, 1.54) is 26.2 Å². The number of imide groups is 1. The van der Waals surface area contributed by atoms with E-state index in [9.17, 15) is 19.6 Å². The number of rotatable bonds is 6. The number of hydrogen-bond acceptors (Lipinski definition) is 7. The van der Waals surface area contributed by atoms with E-state index in [2.05, 4.69) is 0 Å². The maximum atomic E-state index is 12.9. The van der Waals surface area contributed by atoms with Crippen molar-refractivity contribution in [1.29, 1.82) is 5.26 Å². The predicted octanol–water partition coefficient (Wildman–Crippen LogP) is 3.36. The number of benzene rings is 1. The molecule has 0 saturated carbocycles. The van der Waals surface area contributed by atoms with E-state index >= 15 is 0 Å². The average Bonchev–Trinajstić information content (AvgIpc) is 3.25. The first-order valence-corrected chi connectivity index (χ1v) is 9.98. The van der Waals surface area contributed by atoms with E-state index in [4.69, 9.17) is 25.9 Å². The third-order valence-corrected chi connectivity index (χ3v) is 5.26. The highest BCUT2D eigenvalue weighted by molar-refractivity contribution is 6.33. The van der Waals surface area contributed by atoms with Crippen LogP contribution in [0.15, 0.2) is 51.5 Å². The van der Waals surface area contributed by atoms with Crippen LogP contribution < -0.4 is 0 Å². The molecule has 2 amide bonds. The second-order valence-electron chi connectivity index (χ2n) is 6.90. The normalized spacial score (nSPS) is 15.3. The van der Waals surface area contributed by atoms with Crippen molar-refractivity contribution in [3.8, 4) is 17.4 Å². The van der Waals surface area contributed by atoms with Crippen LogP contribution in [0.5, 0.6) is 0 Å². The lowest BCUT2D eigenvalue weighted by Crippen LogP contribution is -2.43. The van der Waals surface area contributed by atoms with Crippen LogP contribution in [0.25, 0.3) is 17.4 Å². The summed E-state index contributed by atoms with van der Waals surface area (Å²) in [4.78, 5) is 38.2. The van der Waals surface area contributed by atoms with Crippen molar-refractivity contribution in [2.24, 2.45) is 0 Å². The van der Waals surface area contributed by atoms with Crippen LogP contribution in [-0.2, 0) is 14.3 Å². The van der Waals surface area contributed by atoms with Crippen molar-refractivity contribution in [3.63, 3.8) is 0 Å². The molecule has 164 valence electrons. The number of carbonyl (C=O) groups is 3. The molecule has 0 spiro atoms. The molecule has 1 aromatic heterocycles. The fourth-order valence-corrected chi connectivity index (χ4v) is 3.43. The molecule has 9 heteroatoms. The minimum atomic E-state index is -0.683. The Balaban J connectivity index is 2.00. The molecule has 2 aromatic rings. The number of amides is 2. The van der Waals surface area contributed by atoms with Crippen molar-refractivity contribution in [2.75, 3.05) is 20.3 Å².